The van der Waals surface area contributed by atoms with Gasteiger partial charge in [0.2, 0.25) is 21.8 Å². The van der Waals surface area contributed by atoms with Gasteiger partial charge in [0.15, 0.2) is 0 Å². The molecule has 3 fully saturated rings. The summed E-state index contributed by atoms with van der Waals surface area (Å²) in [5.74, 6) is 0.0650. The zero-order valence-electron chi connectivity index (χ0n) is 25.7. The van der Waals surface area contributed by atoms with Gasteiger partial charge in [-0.1, -0.05) is 18.9 Å². The zero-order chi connectivity index (χ0) is 32.0. The number of amides is 3. The van der Waals surface area contributed by atoms with Crippen molar-refractivity contribution in [3.05, 3.63) is 55.4 Å². The number of nitrogens with zero attached hydrogens (tertiary/aromatic N) is 3. The Morgan fingerprint density at radius 2 is 1.89 bits per heavy atom. The number of sulfonamides is 1. The maximum atomic E-state index is 14.0. The number of likely N-dealkylation sites (tertiary alicyclic amines) is 1. The number of carbonyl (C=O) groups is 3. The number of hydrogen-bond donors (Lipinski definition) is 1. The van der Waals surface area contributed by atoms with E-state index in [4.69, 9.17) is 9.47 Å². The maximum absolute atomic E-state index is 14.0. The average molecular weight is 639 g/mol. The third-order valence-electron chi connectivity index (χ3n) is 8.41. The number of hydrogen-bond acceptors (Lipinski definition) is 8. The van der Waals surface area contributed by atoms with E-state index in [2.05, 4.69) is 16.3 Å². The van der Waals surface area contributed by atoms with Gasteiger partial charge < -0.3 is 19.3 Å². The van der Waals surface area contributed by atoms with Crippen LogP contribution in [-0.4, -0.2) is 78.0 Å². The number of benzene rings is 1. The molecule has 1 aromatic carbocycles. The molecule has 1 saturated heterocycles. The summed E-state index contributed by atoms with van der Waals surface area (Å²) in [6.07, 6.45) is 13.4. The van der Waals surface area contributed by atoms with Crippen LogP contribution in [0.1, 0.15) is 70.6 Å². The minimum absolute atomic E-state index is 0.109. The quantitative estimate of drug-likeness (QED) is 0.164. The molecule has 1 aliphatic heterocycles. The van der Waals surface area contributed by atoms with E-state index in [1.165, 1.54) is 11.1 Å². The third kappa shape index (κ3) is 8.42. The largest absolute Gasteiger partial charge is 0.497 e. The van der Waals surface area contributed by atoms with Crippen molar-refractivity contribution in [2.24, 2.45) is 0 Å². The summed E-state index contributed by atoms with van der Waals surface area (Å²) in [6.45, 7) is 4.00. The average Bonchev–Trinajstić information content (AvgIpc) is 3.96. The van der Waals surface area contributed by atoms with Gasteiger partial charge in [-0.2, -0.15) is 0 Å². The van der Waals surface area contributed by atoms with Crippen molar-refractivity contribution >= 4 is 38.6 Å². The summed E-state index contributed by atoms with van der Waals surface area (Å²) in [6, 6.07) is 6.40. The van der Waals surface area contributed by atoms with E-state index in [0.29, 0.717) is 36.3 Å². The van der Waals surface area contributed by atoms with Gasteiger partial charge in [0.25, 0.3) is 5.91 Å². The SMILES string of the molecule is C=CCCCCCCC(=O)N1CC(Oc2ccnc3cc(OC)ccc23)CC1C(=O)N(C=CC(=O)NS(=O)(=O)C1CC1)C1CC1. The highest BCUT2D eigenvalue weighted by atomic mass is 32.2. The Morgan fingerprint density at radius 3 is 2.60 bits per heavy atom. The van der Waals surface area contributed by atoms with Gasteiger partial charge in [-0.05, 0) is 63.1 Å². The molecule has 45 heavy (non-hydrogen) atoms. The highest BCUT2D eigenvalue weighted by molar-refractivity contribution is 7.91. The molecule has 2 aliphatic carbocycles. The lowest BCUT2D eigenvalue weighted by molar-refractivity contribution is -0.142. The van der Waals surface area contributed by atoms with Crippen LogP contribution in [0.5, 0.6) is 11.5 Å². The predicted octanol–water partition coefficient (Wildman–Crippen LogP) is 4.23. The molecule has 0 spiro atoms. The molecule has 0 bridgehead atoms. The number of aromatic nitrogens is 1. The minimum atomic E-state index is -3.71. The molecule has 5 rings (SSSR count). The van der Waals surface area contributed by atoms with Crippen LogP contribution in [0.25, 0.3) is 10.9 Å². The third-order valence-corrected chi connectivity index (χ3v) is 10.2. The lowest BCUT2D eigenvalue weighted by Gasteiger charge is -2.28. The van der Waals surface area contributed by atoms with Crippen molar-refractivity contribution in [1.82, 2.24) is 19.5 Å². The summed E-state index contributed by atoms with van der Waals surface area (Å²) in [4.78, 5) is 47.5. The van der Waals surface area contributed by atoms with E-state index in [1.54, 1.807) is 24.3 Å². The molecule has 3 amide bonds. The second-order valence-corrected chi connectivity index (χ2v) is 13.9. The second kappa shape index (κ2) is 14.4. The number of carbonyl (C=O) groups excluding carboxylic acids is 3. The Labute approximate surface area is 264 Å². The predicted molar refractivity (Wildman–Crippen MR) is 170 cm³/mol. The second-order valence-electron chi connectivity index (χ2n) is 12.0. The van der Waals surface area contributed by atoms with Gasteiger partial charge in [0.1, 0.15) is 23.6 Å². The normalized spacial score (nSPS) is 19.9. The summed E-state index contributed by atoms with van der Waals surface area (Å²) in [5.41, 5.74) is 0.703. The molecule has 2 heterocycles. The first-order valence-corrected chi connectivity index (χ1v) is 17.3. The Bertz CT molecular complexity index is 1550. The summed E-state index contributed by atoms with van der Waals surface area (Å²) >= 11 is 0. The molecule has 11 nitrogen and oxygen atoms in total. The zero-order valence-corrected chi connectivity index (χ0v) is 26.5. The van der Waals surface area contributed by atoms with Crippen molar-refractivity contribution in [1.29, 1.82) is 0 Å². The molecule has 242 valence electrons. The Kier molecular flexibility index (Phi) is 10.4. The molecule has 2 unspecified atom stereocenters. The molecule has 2 aromatic rings. The molecular formula is C33H42N4O7S. The topological polar surface area (TPSA) is 135 Å². The van der Waals surface area contributed by atoms with Crippen molar-refractivity contribution in [3.8, 4) is 11.5 Å². The van der Waals surface area contributed by atoms with Crippen LogP contribution in [0, 0.1) is 0 Å². The monoisotopic (exact) mass is 638 g/mol. The lowest BCUT2D eigenvalue weighted by Crippen LogP contribution is -2.47. The molecule has 2 saturated carbocycles. The minimum Gasteiger partial charge on any atom is -0.497 e. The number of fused-ring (bicyclic) bond motifs is 1. The lowest BCUT2D eigenvalue weighted by atomic mass is 10.1. The van der Waals surface area contributed by atoms with E-state index in [1.807, 2.05) is 24.3 Å². The standard InChI is InChI=1S/C33H42N4O7S/c1-3-4-5-6-7-8-9-32(39)37-22-25(44-30-16-18-34-28-20-24(43-2)12-15-27(28)30)21-29(37)33(40)36(23-10-11-23)19-17-31(38)35-45(41,42)26-13-14-26/h3,12,15-20,23,25-26,29H,1,4-11,13-14,21-22H2,2H3,(H,35,38). The summed E-state index contributed by atoms with van der Waals surface area (Å²) in [5, 5.41) is 0.257. The van der Waals surface area contributed by atoms with Crippen LogP contribution in [0.3, 0.4) is 0 Å². The van der Waals surface area contributed by atoms with Crippen molar-refractivity contribution in [2.45, 2.75) is 94.1 Å². The highest BCUT2D eigenvalue weighted by Crippen LogP contribution is 2.34. The Morgan fingerprint density at radius 1 is 1.11 bits per heavy atom. The van der Waals surface area contributed by atoms with Crippen molar-refractivity contribution in [3.63, 3.8) is 0 Å². The van der Waals surface area contributed by atoms with Gasteiger partial charge in [0.05, 0.1) is 24.4 Å². The number of nitrogens with one attached hydrogen (secondary N) is 1. The van der Waals surface area contributed by atoms with Gasteiger partial charge in [-0.25, -0.2) is 13.1 Å². The Hall–Kier alpha value is -3.93. The van der Waals surface area contributed by atoms with Crippen LogP contribution >= 0.6 is 0 Å². The Balaban J connectivity index is 1.31. The van der Waals surface area contributed by atoms with E-state index in [9.17, 15) is 22.8 Å². The number of methoxy groups -OCH3 is 1. The molecule has 1 N–H and O–H groups in total. The van der Waals surface area contributed by atoms with Gasteiger partial charge in [0, 0.05) is 48.8 Å². The maximum Gasteiger partial charge on any atom is 0.258 e. The first kappa shape index (κ1) is 32.5. The molecule has 1 aromatic heterocycles. The van der Waals surface area contributed by atoms with Gasteiger partial charge in [-0.3, -0.25) is 19.4 Å². The molecule has 3 aliphatic rings. The van der Waals surface area contributed by atoms with E-state index < -0.39 is 33.3 Å². The smallest absolute Gasteiger partial charge is 0.258 e. The number of ether oxygens (including phenoxy) is 2. The molecule has 12 heteroatoms. The summed E-state index contributed by atoms with van der Waals surface area (Å²) < 4.78 is 38.2. The first-order valence-electron chi connectivity index (χ1n) is 15.8. The molecule has 0 radical (unpaired) electrons. The van der Waals surface area contributed by atoms with Crippen LogP contribution in [0.2, 0.25) is 0 Å². The number of allylic oxidation sites excluding steroid dienone is 1. The number of rotatable bonds is 16. The van der Waals surface area contributed by atoms with Gasteiger partial charge >= 0.3 is 0 Å². The van der Waals surface area contributed by atoms with E-state index >= 15 is 0 Å². The van der Waals surface area contributed by atoms with Gasteiger partial charge in [-0.15, -0.1) is 6.58 Å². The van der Waals surface area contributed by atoms with Crippen LogP contribution < -0.4 is 14.2 Å². The fourth-order valence-electron chi connectivity index (χ4n) is 5.65. The van der Waals surface area contributed by atoms with Crippen LogP contribution in [-0.2, 0) is 24.4 Å². The van der Waals surface area contributed by atoms with Crippen LogP contribution in [0.15, 0.2) is 55.4 Å². The molecule has 2 atom stereocenters. The van der Waals surface area contributed by atoms with E-state index in [-0.39, 0.29) is 30.8 Å². The van der Waals surface area contributed by atoms with Crippen LogP contribution in [0.4, 0.5) is 0 Å². The highest BCUT2D eigenvalue weighted by Gasteiger charge is 2.45. The van der Waals surface area contributed by atoms with E-state index in [0.717, 1.165) is 56.4 Å². The number of pyridine rings is 1. The van der Waals surface area contributed by atoms with Crippen molar-refractivity contribution < 1.29 is 32.3 Å². The first-order chi connectivity index (χ1) is 21.7. The fourth-order valence-corrected chi connectivity index (χ4v) is 6.92. The fraction of sp³-hybridized carbons (Fsp3) is 0.515. The summed E-state index contributed by atoms with van der Waals surface area (Å²) in [7, 11) is -2.12. The van der Waals surface area contributed by atoms with Crippen molar-refractivity contribution in [2.75, 3.05) is 13.7 Å². The number of unbranched alkanes of at least 4 members (excludes halogenated alkanes) is 4. The molecular weight excluding hydrogens is 596 g/mol.